The fourth-order valence-electron chi connectivity index (χ4n) is 2.18. The molecule has 0 radical (unpaired) electrons. The van der Waals surface area contributed by atoms with Gasteiger partial charge in [-0.05, 0) is 30.3 Å². The molecule has 24 heavy (non-hydrogen) atoms. The zero-order valence-electron chi connectivity index (χ0n) is 12.2. The number of alkyl halides is 3. The van der Waals surface area contributed by atoms with Gasteiger partial charge in [0.1, 0.15) is 19.2 Å². The van der Waals surface area contributed by atoms with Crippen molar-refractivity contribution in [1.29, 1.82) is 0 Å². The zero-order valence-corrected chi connectivity index (χ0v) is 12.2. The third-order valence-corrected chi connectivity index (χ3v) is 3.25. The molecule has 0 aliphatic rings. The Morgan fingerprint density at radius 2 is 1.96 bits per heavy atom. The Labute approximate surface area is 134 Å². The predicted octanol–water partition coefficient (Wildman–Crippen LogP) is 2.73. The van der Waals surface area contributed by atoms with Crippen molar-refractivity contribution >= 4 is 11.6 Å². The standard InChI is InChI=1S/C15H12F3N5O/c16-15(17,18)11-3-4-13(22-5-1-2-6-22)12(7-11)21-14(24)8-23-10-19-9-20-23/h1-7,9-10H,8H2,(H,21,24). The first kappa shape index (κ1) is 15.8. The summed E-state index contributed by atoms with van der Waals surface area (Å²) in [5.41, 5.74) is -0.347. The van der Waals surface area contributed by atoms with E-state index < -0.39 is 17.6 Å². The number of nitrogens with zero attached hydrogens (tertiary/aromatic N) is 4. The lowest BCUT2D eigenvalue weighted by Crippen LogP contribution is -2.20. The summed E-state index contributed by atoms with van der Waals surface area (Å²) in [5.74, 6) is -0.506. The Hall–Kier alpha value is -3.10. The third-order valence-electron chi connectivity index (χ3n) is 3.25. The van der Waals surface area contributed by atoms with Gasteiger partial charge in [0.2, 0.25) is 5.91 Å². The highest BCUT2D eigenvalue weighted by Crippen LogP contribution is 2.33. The maximum atomic E-state index is 12.9. The minimum atomic E-state index is -4.50. The molecule has 2 aromatic heterocycles. The Morgan fingerprint density at radius 1 is 1.21 bits per heavy atom. The van der Waals surface area contributed by atoms with Crippen molar-refractivity contribution < 1.29 is 18.0 Å². The molecule has 0 bridgehead atoms. The topological polar surface area (TPSA) is 64.7 Å². The van der Waals surface area contributed by atoms with Crippen LogP contribution in [0.1, 0.15) is 5.56 Å². The summed E-state index contributed by atoms with van der Waals surface area (Å²) in [6.45, 7) is -0.151. The molecule has 1 N–H and O–H groups in total. The summed E-state index contributed by atoms with van der Waals surface area (Å²) in [6.07, 6.45) is 1.47. The lowest BCUT2D eigenvalue weighted by atomic mass is 10.1. The van der Waals surface area contributed by atoms with Crippen molar-refractivity contribution in [2.75, 3.05) is 5.32 Å². The molecule has 0 atom stereocenters. The molecule has 0 aliphatic heterocycles. The van der Waals surface area contributed by atoms with Gasteiger partial charge in [0, 0.05) is 12.4 Å². The van der Waals surface area contributed by atoms with Crippen molar-refractivity contribution in [3.63, 3.8) is 0 Å². The maximum absolute atomic E-state index is 12.9. The van der Waals surface area contributed by atoms with Gasteiger partial charge < -0.3 is 9.88 Å². The summed E-state index contributed by atoms with van der Waals surface area (Å²) in [4.78, 5) is 15.8. The minimum absolute atomic E-state index is 0.0612. The van der Waals surface area contributed by atoms with Crippen LogP contribution in [0.2, 0.25) is 0 Å². The van der Waals surface area contributed by atoms with Crippen LogP contribution in [-0.4, -0.2) is 25.2 Å². The van der Waals surface area contributed by atoms with E-state index >= 15 is 0 Å². The van der Waals surface area contributed by atoms with Crippen molar-refractivity contribution in [2.45, 2.75) is 12.7 Å². The van der Waals surface area contributed by atoms with Crippen LogP contribution in [-0.2, 0) is 17.5 Å². The molecule has 0 fully saturated rings. The lowest BCUT2D eigenvalue weighted by molar-refractivity contribution is -0.137. The molecule has 9 heteroatoms. The highest BCUT2D eigenvalue weighted by atomic mass is 19.4. The molecule has 0 saturated heterocycles. The molecule has 0 aliphatic carbocycles. The average molecular weight is 335 g/mol. The van der Waals surface area contributed by atoms with E-state index in [2.05, 4.69) is 15.4 Å². The first-order chi connectivity index (χ1) is 11.4. The van der Waals surface area contributed by atoms with E-state index in [1.165, 1.54) is 23.4 Å². The number of carbonyl (C=O) groups is 1. The molecule has 0 spiro atoms. The summed E-state index contributed by atoms with van der Waals surface area (Å²) in [6, 6.07) is 6.67. The second-order valence-corrected chi connectivity index (χ2v) is 4.96. The van der Waals surface area contributed by atoms with Gasteiger partial charge in [-0.3, -0.25) is 4.79 Å². The molecule has 0 saturated carbocycles. The summed E-state index contributed by atoms with van der Waals surface area (Å²) in [5, 5.41) is 6.29. The van der Waals surface area contributed by atoms with E-state index in [1.807, 2.05) is 0 Å². The predicted molar refractivity (Wildman–Crippen MR) is 79.4 cm³/mol. The van der Waals surface area contributed by atoms with Gasteiger partial charge in [-0.2, -0.15) is 18.3 Å². The van der Waals surface area contributed by atoms with E-state index in [4.69, 9.17) is 0 Å². The van der Waals surface area contributed by atoms with Crippen LogP contribution in [0.4, 0.5) is 18.9 Å². The van der Waals surface area contributed by atoms with Crippen molar-refractivity contribution in [3.05, 3.63) is 60.9 Å². The number of carbonyl (C=O) groups excluding carboxylic acids is 1. The fourth-order valence-corrected chi connectivity index (χ4v) is 2.18. The van der Waals surface area contributed by atoms with E-state index in [9.17, 15) is 18.0 Å². The first-order valence-corrected chi connectivity index (χ1v) is 6.90. The zero-order chi connectivity index (χ0) is 17.2. The summed E-state index contributed by atoms with van der Waals surface area (Å²) < 4.78 is 41.7. The number of amides is 1. The Kier molecular flexibility index (Phi) is 4.07. The number of hydrogen-bond acceptors (Lipinski definition) is 3. The largest absolute Gasteiger partial charge is 0.416 e. The second kappa shape index (κ2) is 6.19. The number of rotatable bonds is 4. The van der Waals surface area contributed by atoms with Crippen LogP contribution >= 0.6 is 0 Å². The molecule has 0 unspecified atom stereocenters. The van der Waals surface area contributed by atoms with Crippen LogP contribution in [0.25, 0.3) is 5.69 Å². The normalized spacial score (nSPS) is 11.5. The molecule has 3 aromatic rings. The molecular formula is C15H12F3N5O. The van der Waals surface area contributed by atoms with Gasteiger partial charge in [-0.1, -0.05) is 0 Å². The molecule has 6 nitrogen and oxygen atoms in total. The SMILES string of the molecule is O=C(Cn1cncn1)Nc1cc(C(F)(F)F)ccc1-n1cccc1. The Balaban J connectivity index is 1.92. The van der Waals surface area contributed by atoms with Crippen molar-refractivity contribution in [1.82, 2.24) is 19.3 Å². The van der Waals surface area contributed by atoms with E-state index in [-0.39, 0.29) is 12.2 Å². The van der Waals surface area contributed by atoms with Gasteiger partial charge in [0.05, 0.1) is 16.9 Å². The number of anilines is 1. The summed E-state index contributed by atoms with van der Waals surface area (Å²) >= 11 is 0. The van der Waals surface area contributed by atoms with Crippen LogP contribution in [0.3, 0.4) is 0 Å². The Bertz CT molecular complexity index is 825. The van der Waals surface area contributed by atoms with Crippen LogP contribution in [0, 0.1) is 0 Å². The maximum Gasteiger partial charge on any atom is 0.416 e. The van der Waals surface area contributed by atoms with Crippen molar-refractivity contribution in [3.8, 4) is 5.69 Å². The van der Waals surface area contributed by atoms with Crippen LogP contribution in [0.5, 0.6) is 0 Å². The highest BCUT2D eigenvalue weighted by Gasteiger charge is 2.31. The fraction of sp³-hybridized carbons (Fsp3) is 0.133. The average Bonchev–Trinajstić information content (AvgIpc) is 3.19. The van der Waals surface area contributed by atoms with Gasteiger partial charge in [0.15, 0.2) is 0 Å². The lowest BCUT2D eigenvalue weighted by Gasteiger charge is -2.15. The van der Waals surface area contributed by atoms with Gasteiger partial charge in [0.25, 0.3) is 0 Å². The first-order valence-electron chi connectivity index (χ1n) is 6.90. The van der Waals surface area contributed by atoms with Gasteiger partial charge in [-0.25, -0.2) is 9.67 Å². The summed E-state index contributed by atoms with van der Waals surface area (Å²) in [7, 11) is 0. The van der Waals surface area contributed by atoms with E-state index in [1.54, 1.807) is 29.1 Å². The molecular weight excluding hydrogens is 323 g/mol. The van der Waals surface area contributed by atoms with Gasteiger partial charge >= 0.3 is 6.18 Å². The number of aromatic nitrogens is 4. The quantitative estimate of drug-likeness (QED) is 0.797. The number of hydrogen-bond donors (Lipinski definition) is 1. The molecule has 3 rings (SSSR count). The second-order valence-electron chi connectivity index (χ2n) is 4.96. The van der Waals surface area contributed by atoms with E-state index in [0.717, 1.165) is 12.1 Å². The number of benzene rings is 1. The smallest absolute Gasteiger partial charge is 0.323 e. The van der Waals surface area contributed by atoms with Gasteiger partial charge in [-0.15, -0.1) is 0 Å². The monoisotopic (exact) mass is 335 g/mol. The molecule has 2 heterocycles. The minimum Gasteiger partial charge on any atom is -0.323 e. The van der Waals surface area contributed by atoms with Crippen LogP contribution in [0.15, 0.2) is 55.4 Å². The molecule has 1 aromatic carbocycles. The van der Waals surface area contributed by atoms with E-state index in [0.29, 0.717) is 5.69 Å². The molecule has 124 valence electrons. The number of halogens is 3. The third kappa shape index (κ3) is 3.45. The van der Waals surface area contributed by atoms with Crippen LogP contribution < -0.4 is 5.32 Å². The Morgan fingerprint density at radius 3 is 2.58 bits per heavy atom. The van der Waals surface area contributed by atoms with Crippen molar-refractivity contribution in [2.24, 2.45) is 0 Å². The number of nitrogens with one attached hydrogen (secondary N) is 1. The molecule has 1 amide bonds. The highest BCUT2D eigenvalue weighted by molar-refractivity contribution is 5.92.